The molecule has 3 rings (SSSR count). The lowest BCUT2D eigenvalue weighted by atomic mass is 10.1. The van der Waals surface area contributed by atoms with Crippen LogP contribution in [0.4, 0.5) is 11.4 Å². The van der Waals surface area contributed by atoms with Crippen LogP contribution in [0.2, 0.25) is 0 Å². The molecule has 0 unspecified atom stereocenters. The van der Waals surface area contributed by atoms with Gasteiger partial charge in [-0.3, -0.25) is 4.99 Å². The van der Waals surface area contributed by atoms with Crippen molar-refractivity contribution in [1.82, 2.24) is 0 Å². The van der Waals surface area contributed by atoms with Crippen LogP contribution < -0.4 is 4.90 Å². The first-order valence-corrected chi connectivity index (χ1v) is 8.91. The van der Waals surface area contributed by atoms with Crippen molar-refractivity contribution in [3.63, 3.8) is 0 Å². The van der Waals surface area contributed by atoms with Gasteiger partial charge in [0.2, 0.25) is 0 Å². The summed E-state index contributed by atoms with van der Waals surface area (Å²) >= 11 is 0. The van der Waals surface area contributed by atoms with Gasteiger partial charge in [0, 0.05) is 25.0 Å². The predicted molar refractivity (Wildman–Crippen MR) is 102 cm³/mol. The third-order valence-corrected chi connectivity index (χ3v) is 4.39. The third kappa shape index (κ3) is 4.68. The monoisotopic (exact) mass is 322 g/mol. The van der Waals surface area contributed by atoms with Gasteiger partial charge in [0.15, 0.2) is 0 Å². The molecule has 3 heteroatoms. The molecule has 0 aliphatic carbocycles. The number of nitrogens with zero attached hydrogens (tertiary/aromatic N) is 2. The van der Waals surface area contributed by atoms with E-state index in [1.165, 1.54) is 24.1 Å². The van der Waals surface area contributed by atoms with Crippen LogP contribution in [-0.4, -0.2) is 32.5 Å². The van der Waals surface area contributed by atoms with Gasteiger partial charge in [0.05, 0.1) is 18.9 Å². The topological polar surface area (TPSA) is 24.8 Å². The fourth-order valence-corrected chi connectivity index (χ4v) is 2.87. The molecule has 0 N–H and O–H groups in total. The summed E-state index contributed by atoms with van der Waals surface area (Å²) < 4.78 is 5.40. The first-order valence-electron chi connectivity index (χ1n) is 8.91. The van der Waals surface area contributed by atoms with Crippen molar-refractivity contribution in [2.75, 3.05) is 31.2 Å². The average Bonchev–Trinajstić information content (AvgIpc) is 2.67. The molecule has 126 valence electrons. The highest BCUT2D eigenvalue weighted by Crippen LogP contribution is 2.18. The molecule has 2 aromatic carbocycles. The standard InChI is InChI=1S/C21H26N2O/c1-2-3-4-18-5-9-20(10-6-18)22-17-19-7-11-21(12-8-19)23-13-15-24-16-14-23/h5-12,17H,2-4,13-16H2,1H3. The lowest BCUT2D eigenvalue weighted by molar-refractivity contribution is 0.122. The van der Waals surface area contributed by atoms with E-state index in [9.17, 15) is 0 Å². The van der Waals surface area contributed by atoms with Gasteiger partial charge in [-0.05, 0) is 48.2 Å². The van der Waals surface area contributed by atoms with Gasteiger partial charge in [-0.25, -0.2) is 0 Å². The van der Waals surface area contributed by atoms with Gasteiger partial charge >= 0.3 is 0 Å². The Labute approximate surface area is 145 Å². The van der Waals surface area contributed by atoms with Crippen LogP contribution in [0.25, 0.3) is 0 Å². The number of morpholine rings is 1. The Bertz CT molecular complexity index is 641. The number of aliphatic imine (C=N–C) groups is 1. The molecule has 0 bridgehead atoms. The van der Waals surface area contributed by atoms with Gasteiger partial charge in [-0.15, -0.1) is 0 Å². The predicted octanol–water partition coefficient (Wildman–Crippen LogP) is 4.62. The van der Waals surface area contributed by atoms with Crippen LogP contribution in [0.15, 0.2) is 53.5 Å². The van der Waals surface area contributed by atoms with Crippen LogP contribution >= 0.6 is 0 Å². The molecule has 3 nitrogen and oxygen atoms in total. The maximum atomic E-state index is 5.40. The number of ether oxygens (including phenoxy) is 1. The molecule has 0 radical (unpaired) electrons. The summed E-state index contributed by atoms with van der Waals surface area (Å²) in [5, 5.41) is 0. The van der Waals surface area contributed by atoms with Crippen LogP contribution in [-0.2, 0) is 11.2 Å². The molecule has 0 aromatic heterocycles. The van der Waals surface area contributed by atoms with E-state index in [1.807, 2.05) is 6.21 Å². The number of hydrogen-bond donors (Lipinski definition) is 0. The number of rotatable bonds is 6. The van der Waals surface area contributed by atoms with Gasteiger partial charge < -0.3 is 9.64 Å². The molecule has 0 spiro atoms. The summed E-state index contributed by atoms with van der Waals surface area (Å²) in [4.78, 5) is 6.94. The number of aryl methyl sites for hydroxylation is 1. The maximum absolute atomic E-state index is 5.40. The lowest BCUT2D eigenvalue weighted by Gasteiger charge is -2.28. The fourth-order valence-electron chi connectivity index (χ4n) is 2.87. The quantitative estimate of drug-likeness (QED) is 0.725. The minimum Gasteiger partial charge on any atom is -0.378 e. The second-order valence-electron chi connectivity index (χ2n) is 6.22. The molecular weight excluding hydrogens is 296 g/mol. The molecule has 1 fully saturated rings. The average molecular weight is 322 g/mol. The summed E-state index contributed by atoms with van der Waals surface area (Å²) in [7, 11) is 0. The number of hydrogen-bond acceptors (Lipinski definition) is 3. The van der Waals surface area contributed by atoms with E-state index in [2.05, 4.69) is 65.3 Å². The SMILES string of the molecule is CCCCc1ccc(N=Cc2ccc(N3CCOCC3)cc2)cc1. The van der Waals surface area contributed by atoms with E-state index in [4.69, 9.17) is 4.74 Å². The summed E-state index contributed by atoms with van der Waals surface area (Å²) in [6, 6.07) is 17.2. The fraction of sp³-hybridized carbons (Fsp3) is 0.381. The Morgan fingerprint density at radius 1 is 1.00 bits per heavy atom. The lowest BCUT2D eigenvalue weighted by Crippen LogP contribution is -2.36. The molecular formula is C21H26N2O. The van der Waals surface area contributed by atoms with Crippen LogP contribution in [0, 0.1) is 0 Å². The van der Waals surface area contributed by atoms with E-state index in [-0.39, 0.29) is 0 Å². The first-order chi connectivity index (χ1) is 11.8. The molecule has 1 aliphatic heterocycles. The van der Waals surface area contributed by atoms with Gasteiger partial charge in [0.1, 0.15) is 0 Å². The summed E-state index contributed by atoms with van der Waals surface area (Å²) in [5.41, 5.74) is 4.79. The second kappa shape index (κ2) is 8.65. The highest BCUT2D eigenvalue weighted by atomic mass is 16.5. The van der Waals surface area contributed by atoms with Gasteiger partial charge in [-0.2, -0.15) is 0 Å². The zero-order valence-electron chi connectivity index (χ0n) is 14.4. The molecule has 1 aliphatic rings. The highest BCUT2D eigenvalue weighted by molar-refractivity contribution is 5.82. The van der Waals surface area contributed by atoms with Crippen LogP contribution in [0.5, 0.6) is 0 Å². The van der Waals surface area contributed by atoms with Gasteiger partial charge in [0.25, 0.3) is 0 Å². The Morgan fingerprint density at radius 3 is 2.38 bits per heavy atom. The Kier molecular flexibility index (Phi) is 6.02. The van der Waals surface area contributed by atoms with E-state index in [0.717, 1.165) is 44.0 Å². The van der Waals surface area contributed by atoms with Crippen molar-refractivity contribution in [3.8, 4) is 0 Å². The number of benzene rings is 2. The van der Waals surface area contributed by atoms with Crippen LogP contribution in [0.3, 0.4) is 0 Å². The van der Waals surface area contributed by atoms with E-state index in [1.54, 1.807) is 0 Å². The largest absolute Gasteiger partial charge is 0.378 e. The molecule has 1 saturated heterocycles. The van der Waals surface area contributed by atoms with E-state index < -0.39 is 0 Å². The molecule has 1 heterocycles. The molecule has 2 aromatic rings. The summed E-state index contributed by atoms with van der Waals surface area (Å²) in [6.07, 6.45) is 5.58. The Hall–Kier alpha value is -2.13. The van der Waals surface area contributed by atoms with Crippen molar-refractivity contribution in [2.45, 2.75) is 26.2 Å². The molecule has 0 atom stereocenters. The Balaban J connectivity index is 1.59. The van der Waals surface area contributed by atoms with Crippen molar-refractivity contribution in [2.24, 2.45) is 4.99 Å². The molecule has 0 amide bonds. The zero-order chi connectivity index (χ0) is 16.6. The van der Waals surface area contributed by atoms with Crippen molar-refractivity contribution < 1.29 is 4.74 Å². The third-order valence-electron chi connectivity index (χ3n) is 4.39. The second-order valence-corrected chi connectivity index (χ2v) is 6.22. The normalized spacial score (nSPS) is 15.1. The molecule has 24 heavy (non-hydrogen) atoms. The van der Waals surface area contributed by atoms with Gasteiger partial charge in [-0.1, -0.05) is 37.6 Å². The van der Waals surface area contributed by atoms with Crippen molar-refractivity contribution in [1.29, 1.82) is 0 Å². The van der Waals surface area contributed by atoms with Crippen molar-refractivity contribution in [3.05, 3.63) is 59.7 Å². The first kappa shape index (κ1) is 16.7. The Morgan fingerprint density at radius 2 is 1.71 bits per heavy atom. The minimum absolute atomic E-state index is 0.817. The number of anilines is 1. The van der Waals surface area contributed by atoms with Crippen molar-refractivity contribution >= 4 is 17.6 Å². The highest BCUT2D eigenvalue weighted by Gasteiger charge is 2.10. The van der Waals surface area contributed by atoms with E-state index in [0.29, 0.717) is 0 Å². The molecule has 0 saturated carbocycles. The summed E-state index contributed by atoms with van der Waals surface area (Å²) in [6.45, 7) is 5.80. The van der Waals surface area contributed by atoms with E-state index >= 15 is 0 Å². The summed E-state index contributed by atoms with van der Waals surface area (Å²) in [5.74, 6) is 0. The smallest absolute Gasteiger partial charge is 0.0642 e. The zero-order valence-corrected chi connectivity index (χ0v) is 14.4. The minimum atomic E-state index is 0.817. The maximum Gasteiger partial charge on any atom is 0.0642 e. The number of unbranched alkanes of at least 4 members (excludes halogenated alkanes) is 1. The van der Waals surface area contributed by atoms with Crippen LogP contribution in [0.1, 0.15) is 30.9 Å².